The third-order valence-electron chi connectivity index (χ3n) is 2.80. The number of hydrogen-bond acceptors (Lipinski definition) is 3. The van der Waals surface area contributed by atoms with E-state index in [1.54, 1.807) is 19.1 Å². The summed E-state index contributed by atoms with van der Waals surface area (Å²) in [5, 5.41) is 10.5. The van der Waals surface area contributed by atoms with Gasteiger partial charge in [0, 0.05) is 20.2 Å². The number of rotatable bonds is 7. The molecule has 0 aliphatic heterocycles. The maximum atomic E-state index is 9.76. The smallest absolute Gasteiger partial charge is 0.189 e. The summed E-state index contributed by atoms with van der Waals surface area (Å²) in [4.78, 5) is 0. The molecule has 0 bridgehead atoms. The van der Waals surface area contributed by atoms with E-state index in [4.69, 9.17) is 32.7 Å². The van der Waals surface area contributed by atoms with Crippen LogP contribution in [0.4, 0.5) is 0 Å². The van der Waals surface area contributed by atoms with Gasteiger partial charge >= 0.3 is 0 Å². The van der Waals surface area contributed by atoms with Crippen molar-refractivity contribution in [3.05, 3.63) is 27.7 Å². The third kappa shape index (κ3) is 5.62. The lowest BCUT2D eigenvalue weighted by molar-refractivity contribution is 0.0201. The molecule has 1 N–H and O–H groups in total. The van der Waals surface area contributed by atoms with E-state index in [1.165, 1.54) is 0 Å². The van der Waals surface area contributed by atoms with Crippen LogP contribution in [-0.4, -0.2) is 26.6 Å². The lowest BCUT2D eigenvalue weighted by Crippen LogP contribution is -2.22. The predicted octanol–water partition coefficient (Wildman–Crippen LogP) is 4.74. The van der Waals surface area contributed by atoms with Gasteiger partial charge in [-0.15, -0.1) is 0 Å². The van der Waals surface area contributed by atoms with E-state index in [9.17, 15) is 5.11 Å². The zero-order chi connectivity index (χ0) is 15.3. The van der Waals surface area contributed by atoms with Crippen molar-refractivity contribution in [2.45, 2.75) is 38.7 Å². The van der Waals surface area contributed by atoms with Crippen molar-refractivity contribution in [1.29, 1.82) is 0 Å². The summed E-state index contributed by atoms with van der Waals surface area (Å²) in [6, 6.07) is 4.42. The van der Waals surface area contributed by atoms with Gasteiger partial charge in [-0.05, 0) is 25.1 Å². The van der Waals surface area contributed by atoms with Gasteiger partial charge in [0.25, 0.3) is 0 Å². The maximum Gasteiger partial charge on any atom is 0.189 e. The summed E-state index contributed by atoms with van der Waals surface area (Å²) in [6.07, 6.45) is -0.752. The normalized spacial score (nSPS) is 13.3. The van der Waals surface area contributed by atoms with Crippen LogP contribution in [0.25, 0.3) is 0 Å². The second-order valence-electron chi connectivity index (χ2n) is 5.93. The molecule has 3 nitrogen and oxygen atoms in total. The number of aliphatic hydroxyl groups is 1. The number of aliphatic hydroxyl groups excluding tert-OH is 1. The van der Waals surface area contributed by atoms with E-state index in [-0.39, 0.29) is 6.79 Å². The average Bonchev–Trinajstić information content (AvgIpc) is 2.31. The summed E-state index contributed by atoms with van der Waals surface area (Å²) in [6.45, 7) is 9.32. The highest BCUT2D eigenvalue weighted by molar-refractivity contribution is 6.76. The van der Waals surface area contributed by atoms with E-state index < -0.39 is 14.2 Å². The van der Waals surface area contributed by atoms with E-state index in [0.29, 0.717) is 28.0 Å². The Balaban J connectivity index is 2.58. The van der Waals surface area contributed by atoms with E-state index in [1.807, 2.05) is 0 Å². The number of halogens is 2. The quantitative estimate of drug-likeness (QED) is 0.444. The van der Waals surface area contributed by atoms with Crippen LogP contribution in [0.3, 0.4) is 0 Å². The highest BCUT2D eigenvalue weighted by Crippen LogP contribution is 2.37. The largest absolute Gasteiger partial charge is 0.467 e. The fourth-order valence-corrected chi connectivity index (χ4v) is 2.84. The Kier molecular flexibility index (Phi) is 6.81. The third-order valence-corrected chi connectivity index (χ3v) is 5.33. The SMILES string of the molecule is CC(O)c1c(OCOCC[Si](C)(C)C)ccc(Cl)c1Cl. The van der Waals surface area contributed by atoms with Crippen molar-refractivity contribution in [2.75, 3.05) is 13.4 Å². The van der Waals surface area contributed by atoms with Gasteiger partial charge in [0.05, 0.1) is 16.1 Å². The molecule has 1 aromatic rings. The van der Waals surface area contributed by atoms with Gasteiger partial charge in [0.2, 0.25) is 0 Å². The Bertz CT molecular complexity index is 445. The van der Waals surface area contributed by atoms with Gasteiger partial charge in [0.1, 0.15) is 5.75 Å². The van der Waals surface area contributed by atoms with Crippen molar-refractivity contribution >= 4 is 31.3 Å². The molecule has 0 amide bonds. The first-order valence-electron chi connectivity index (χ1n) is 6.59. The second-order valence-corrected chi connectivity index (χ2v) is 12.3. The van der Waals surface area contributed by atoms with Gasteiger partial charge in [-0.3, -0.25) is 0 Å². The monoisotopic (exact) mass is 336 g/mol. The Morgan fingerprint density at radius 3 is 2.45 bits per heavy atom. The van der Waals surface area contributed by atoms with Crippen LogP contribution in [0, 0.1) is 0 Å². The zero-order valence-electron chi connectivity index (χ0n) is 12.4. The molecule has 0 aromatic heterocycles. The minimum Gasteiger partial charge on any atom is -0.467 e. The molecule has 114 valence electrons. The average molecular weight is 337 g/mol. The van der Waals surface area contributed by atoms with Crippen LogP contribution in [0.1, 0.15) is 18.6 Å². The lowest BCUT2D eigenvalue weighted by atomic mass is 10.1. The Morgan fingerprint density at radius 1 is 1.25 bits per heavy atom. The van der Waals surface area contributed by atoms with Crippen LogP contribution in [0.5, 0.6) is 5.75 Å². The van der Waals surface area contributed by atoms with Gasteiger partial charge in [0.15, 0.2) is 6.79 Å². The van der Waals surface area contributed by atoms with Crippen LogP contribution in [0.15, 0.2) is 12.1 Å². The molecule has 0 heterocycles. The first-order chi connectivity index (χ1) is 9.22. The van der Waals surface area contributed by atoms with Crippen LogP contribution in [-0.2, 0) is 4.74 Å². The molecule has 20 heavy (non-hydrogen) atoms. The van der Waals surface area contributed by atoms with Gasteiger partial charge in [-0.1, -0.05) is 42.8 Å². The summed E-state index contributed by atoms with van der Waals surface area (Å²) in [5.41, 5.74) is 0.493. The summed E-state index contributed by atoms with van der Waals surface area (Å²) >= 11 is 12.0. The molecule has 1 unspecified atom stereocenters. The van der Waals surface area contributed by atoms with Crippen molar-refractivity contribution < 1.29 is 14.6 Å². The fourth-order valence-electron chi connectivity index (χ4n) is 1.61. The van der Waals surface area contributed by atoms with Crippen LogP contribution >= 0.6 is 23.2 Å². The minimum atomic E-state index is -1.09. The molecule has 0 fully saturated rings. The van der Waals surface area contributed by atoms with E-state index in [2.05, 4.69) is 19.6 Å². The molecule has 1 rings (SSSR count). The van der Waals surface area contributed by atoms with Crippen molar-refractivity contribution in [3.63, 3.8) is 0 Å². The number of ether oxygens (including phenoxy) is 2. The Morgan fingerprint density at radius 2 is 1.90 bits per heavy atom. The second kappa shape index (κ2) is 7.66. The molecule has 0 radical (unpaired) electrons. The molecule has 1 atom stereocenters. The van der Waals surface area contributed by atoms with E-state index in [0.717, 1.165) is 6.04 Å². The number of hydrogen-bond donors (Lipinski definition) is 1. The van der Waals surface area contributed by atoms with Crippen LogP contribution < -0.4 is 4.74 Å². The van der Waals surface area contributed by atoms with Gasteiger partial charge in [-0.2, -0.15) is 0 Å². The molecule has 0 saturated carbocycles. The highest BCUT2D eigenvalue weighted by Gasteiger charge is 2.17. The zero-order valence-corrected chi connectivity index (χ0v) is 14.9. The summed E-state index contributed by atoms with van der Waals surface area (Å²) < 4.78 is 11.0. The first-order valence-corrected chi connectivity index (χ1v) is 11.0. The summed E-state index contributed by atoms with van der Waals surface area (Å²) in [7, 11) is -1.09. The summed E-state index contributed by atoms with van der Waals surface area (Å²) in [5.74, 6) is 0.502. The van der Waals surface area contributed by atoms with Crippen LogP contribution in [0.2, 0.25) is 35.7 Å². The standard InChI is InChI=1S/C14H22Cl2O3Si/c1-10(17)13-12(6-5-11(15)14(13)16)19-9-18-7-8-20(2,3)4/h5-6,10,17H,7-9H2,1-4H3. The fraction of sp³-hybridized carbons (Fsp3) is 0.571. The molecule has 0 saturated heterocycles. The van der Waals surface area contributed by atoms with Gasteiger partial charge in [-0.25, -0.2) is 0 Å². The van der Waals surface area contributed by atoms with Crippen molar-refractivity contribution in [1.82, 2.24) is 0 Å². The maximum absolute atomic E-state index is 9.76. The molecule has 0 spiro atoms. The van der Waals surface area contributed by atoms with Gasteiger partial charge < -0.3 is 14.6 Å². The molecule has 0 aliphatic rings. The Hall–Kier alpha value is -0.263. The highest BCUT2D eigenvalue weighted by atomic mass is 35.5. The molecular weight excluding hydrogens is 315 g/mol. The topological polar surface area (TPSA) is 38.7 Å². The van der Waals surface area contributed by atoms with E-state index >= 15 is 0 Å². The predicted molar refractivity (Wildman–Crippen MR) is 86.7 cm³/mol. The van der Waals surface area contributed by atoms with Crippen molar-refractivity contribution in [2.24, 2.45) is 0 Å². The lowest BCUT2D eigenvalue weighted by Gasteiger charge is -2.17. The molecular formula is C14H22Cl2O3Si. The number of benzene rings is 1. The minimum absolute atomic E-state index is 0.141. The van der Waals surface area contributed by atoms with Crippen molar-refractivity contribution in [3.8, 4) is 5.75 Å². The first kappa shape index (κ1) is 17.8. The molecule has 0 aliphatic carbocycles. The molecule has 1 aromatic carbocycles. The molecule has 6 heteroatoms. The Labute approximate surface area is 131 Å².